The first-order valence-electron chi connectivity index (χ1n) is 6.38. The molecule has 1 unspecified atom stereocenters. The Morgan fingerprint density at radius 2 is 2.39 bits per heavy atom. The molecule has 1 amide bonds. The van der Waals surface area contributed by atoms with Gasteiger partial charge in [-0.2, -0.15) is 0 Å². The molecule has 0 bridgehead atoms. The molecule has 0 radical (unpaired) electrons. The van der Waals surface area contributed by atoms with Crippen LogP contribution in [0.4, 0.5) is 4.39 Å². The maximum atomic E-state index is 13.1. The molecule has 1 aromatic rings. The predicted molar refractivity (Wildman–Crippen MR) is 68.5 cm³/mol. The average Bonchev–Trinajstić information content (AvgIpc) is 2.76. The van der Waals surface area contributed by atoms with E-state index in [1.807, 2.05) is 11.0 Å². The van der Waals surface area contributed by atoms with Gasteiger partial charge in [0, 0.05) is 12.6 Å². The smallest absolute Gasteiger partial charge is 0.239 e. The standard InChI is InChI=1S/C14H19FN2O/c1-10(16)14(18)17-7-3-6-13(17)9-11-4-2-5-12(15)8-11/h2,4-5,8,10,13H,3,6-7,9,16H2,1H3/t10-,13?/m1/s1. The summed E-state index contributed by atoms with van der Waals surface area (Å²) in [6, 6.07) is 6.27. The molecule has 18 heavy (non-hydrogen) atoms. The summed E-state index contributed by atoms with van der Waals surface area (Å²) in [7, 11) is 0. The Kier molecular flexibility index (Phi) is 3.97. The molecule has 2 atom stereocenters. The molecule has 3 nitrogen and oxygen atoms in total. The molecule has 1 aromatic carbocycles. The van der Waals surface area contributed by atoms with Crippen LogP contribution in [0.25, 0.3) is 0 Å². The van der Waals surface area contributed by atoms with Crippen molar-refractivity contribution < 1.29 is 9.18 Å². The third-order valence-corrected chi connectivity index (χ3v) is 3.41. The zero-order valence-electron chi connectivity index (χ0n) is 10.6. The van der Waals surface area contributed by atoms with Crippen molar-refractivity contribution in [3.05, 3.63) is 35.6 Å². The van der Waals surface area contributed by atoms with Crippen molar-refractivity contribution in [3.8, 4) is 0 Å². The lowest BCUT2D eigenvalue weighted by molar-refractivity contribution is -0.132. The minimum Gasteiger partial charge on any atom is -0.338 e. The molecule has 0 saturated carbocycles. The Bertz CT molecular complexity index is 434. The fourth-order valence-electron chi connectivity index (χ4n) is 2.54. The minimum absolute atomic E-state index is 0.00565. The van der Waals surface area contributed by atoms with Crippen molar-refractivity contribution in [1.82, 2.24) is 4.90 Å². The van der Waals surface area contributed by atoms with Crippen molar-refractivity contribution in [3.63, 3.8) is 0 Å². The van der Waals surface area contributed by atoms with Gasteiger partial charge in [-0.3, -0.25) is 4.79 Å². The van der Waals surface area contributed by atoms with Crippen molar-refractivity contribution in [2.75, 3.05) is 6.54 Å². The number of halogens is 1. The summed E-state index contributed by atoms with van der Waals surface area (Å²) in [5, 5.41) is 0. The molecular weight excluding hydrogens is 231 g/mol. The molecular formula is C14H19FN2O. The molecule has 1 fully saturated rings. The number of carbonyl (C=O) groups is 1. The normalized spacial score (nSPS) is 21.1. The van der Waals surface area contributed by atoms with Gasteiger partial charge in [-0.1, -0.05) is 12.1 Å². The molecule has 0 spiro atoms. The Labute approximate surface area is 107 Å². The second kappa shape index (κ2) is 5.48. The molecule has 0 aromatic heterocycles. The zero-order chi connectivity index (χ0) is 13.1. The van der Waals surface area contributed by atoms with E-state index in [2.05, 4.69) is 0 Å². The predicted octanol–water partition coefficient (Wildman–Crippen LogP) is 1.71. The van der Waals surface area contributed by atoms with E-state index in [0.717, 1.165) is 24.9 Å². The number of hydrogen-bond acceptors (Lipinski definition) is 2. The van der Waals surface area contributed by atoms with Crippen molar-refractivity contribution in [2.24, 2.45) is 5.73 Å². The van der Waals surface area contributed by atoms with Crippen LogP contribution < -0.4 is 5.73 Å². The topological polar surface area (TPSA) is 46.3 Å². The fraction of sp³-hybridized carbons (Fsp3) is 0.500. The lowest BCUT2D eigenvalue weighted by atomic mass is 10.0. The summed E-state index contributed by atoms with van der Waals surface area (Å²) in [5.74, 6) is -0.232. The van der Waals surface area contributed by atoms with E-state index in [9.17, 15) is 9.18 Å². The second-order valence-electron chi connectivity index (χ2n) is 4.95. The summed E-state index contributed by atoms with van der Waals surface area (Å²) >= 11 is 0. The third kappa shape index (κ3) is 2.88. The van der Waals surface area contributed by atoms with Gasteiger partial charge in [-0.25, -0.2) is 4.39 Å². The monoisotopic (exact) mass is 250 g/mol. The summed E-state index contributed by atoms with van der Waals surface area (Å²) < 4.78 is 13.1. The van der Waals surface area contributed by atoms with Gasteiger partial charge >= 0.3 is 0 Å². The van der Waals surface area contributed by atoms with Crippen LogP contribution in [-0.2, 0) is 11.2 Å². The van der Waals surface area contributed by atoms with E-state index < -0.39 is 6.04 Å². The van der Waals surface area contributed by atoms with E-state index in [1.54, 1.807) is 13.0 Å². The second-order valence-corrected chi connectivity index (χ2v) is 4.95. The van der Waals surface area contributed by atoms with Gasteiger partial charge in [0.2, 0.25) is 5.91 Å². The van der Waals surface area contributed by atoms with Gasteiger partial charge in [0.15, 0.2) is 0 Å². The summed E-state index contributed by atoms with van der Waals surface area (Å²) in [4.78, 5) is 13.8. The molecule has 2 N–H and O–H groups in total. The highest BCUT2D eigenvalue weighted by Gasteiger charge is 2.30. The van der Waals surface area contributed by atoms with E-state index >= 15 is 0 Å². The summed E-state index contributed by atoms with van der Waals surface area (Å²) in [6.45, 7) is 2.47. The first-order chi connectivity index (χ1) is 8.58. The quantitative estimate of drug-likeness (QED) is 0.887. The number of benzene rings is 1. The molecule has 98 valence electrons. The number of hydrogen-bond donors (Lipinski definition) is 1. The number of amides is 1. The van der Waals surface area contributed by atoms with Crippen LogP contribution in [0.5, 0.6) is 0 Å². The first kappa shape index (κ1) is 13.0. The van der Waals surface area contributed by atoms with Crippen molar-refractivity contribution in [2.45, 2.75) is 38.3 Å². The lowest BCUT2D eigenvalue weighted by Crippen LogP contribution is -2.45. The van der Waals surface area contributed by atoms with Gasteiger partial charge in [-0.05, 0) is 43.9 Å². The number of likely N-dealkylation sites (tertiary alicyclic amines) is 1. The Hall–Kier alpha value is -1.42. The molecule has 0 aliphatic carbocycles. The third-order valence-electron chi connectivity index (χ3n) is 3.41. The van der Waals surface area contributed by atoms with Crippen molar-refractivity contribution >= 4 is 5.91 Å². The highest BCUT2D eigenvalue weighted by Crippen LogP contribution is 2.22. The van der Waals surface area contributed by atoms with Crippen LogP contribution in [0.2, 0.25) is 0 Å². The Morgan fingerprint density at radius 1 is 1.61 bits per heavy atom. The summed E-state index contributed by atoms with van der Waals surface area (Å²) in [6.07, 6.45) is 2.67. The number of nitrogens with zero attached hydrogens (tertiary/aromatic N) is 1. The van der Waals surface area contributed by atoms with Gasteiger partial charge in [0.1, 0.15) is 5.82 Å². The molecule has 4 heteroatoms. The van der Waals surface area contributed by atoms with Crippen LogP contribution in [0.1, 0.15) is 25.3 Å². The van der Waals surface area contributed by atoms with Gasteiger partial charge in [0.25, 0.3) is 0 Å². The Balaban J connectivity index is 2.06. The van der Waals surface area contributed by atoms with Crippen LogP contribution in [0, 0.1) is 5.82 Å². The van der Waals surface area contributed by atoms with E-state index in [-0.39, 0.29) is 17.8 Å². The van der Waals surface area contributed by atoms with Crippen molar-refractivity contribution in [1.29, 1.82) is 0 Å². The molecule has 2 rings (SSSR count). The molecule has 1 aliphatic rings. The van der Waals surface area contributed by atoms with Crippen LogP contribution in [-0.4, -0.2) is 29.4 Å². The van der Waals surface area contributed by atoms with Crippen LogP contribution in [0.15, 0.2) is 24.3 Å². The maximum absolute atomic E-state index is 13.1. The largest absolute Gasteiger partial charge is 0.338 e. The Morgan fingerprint density at radius 3 is 3.06 bits per heavy atom. The van der Waals surface area contributed by atoms with Crippen LogP contribution >= 0.6 is 0 Å². The maximum Gasteiger partial charge on any atom is 0.239 e. The average molecular weight is 250 g/mol. The lowest BCUT2D eigenvalue weighted by Gasteiger charge is -2.26. The van der Waals surface area contributed by atoms with Gasteiger partial charge in [0.05, 0.1) is 6.04 Å². The summed E-state index contributed by atoms with van der Waals surface area (Å²) in [5.41, 5.74) is 6.58. The highest BCUT2D eigenvalue weighted by atomic mass is 19.1. The number of carbonyl (C=O) groups excluding carboxylic acids is 1. The van der Waals surface area contributed by atoms with E-state index in [4.69, 9.17) is 5.73 Å². The minimum atomic E-state index is -0.460. The molecule has 1 saturated heterocycles. The molecule has 1 aliphatic heterocycles. The SMILES string of the molecule is C[C@@H](N)C(=O)N1CCCC1Cc1cccc(F)c1. The van der Waals surface area contributed by atoms with E-state index in [1.165, 1.54) is 12.1 Å². The van der Waals surface area contributed by atoms with Gasteiger partial charge < -0.3 is 10.6 Å². The zero-order valence-corrected chi connectivity index (χ0v) is 10.6. The first-order valence-corrected chi connectivity index (χ1v) is 6.38. The number of rotatable bonds is 3. The fourth-order valence-corrected chi connectivity index (χ4v) is 2.54. The van der Waals surface area contributed by atoms with E-state index in [0.29, 0.717) is 6.42 Å². The molecule has 1 heterocycles. The van der Waals surface area contributed by atoms with Gasteiger partial charge in [-0.15, -0.1) is 0 Å². The number of nitrogens with two attached hydrogens (primary N) is 1. The van der Waals surface area contributed by atoms with Crippen LogP contribution in [0.3, 0.4) is 0 Å². The highest BCUT2D eigenvalue weighted by molar-refractivity contribution is 5.81.